The van der Waals surface area contributed by atoms with E-state index < -0.39 is 0 Å². The molecule has 4 nitrogen and oxygen atoms in total. The lowest BCUT2D eigenvalue weighted by Gasteiger charge is -2.56. The van der Waals surface area contributed by atoms with Gasteiger partial charge in [-0.25, -0.2) is 9.67 Å². The first-order valence-electron chi connectivity index (χ1n) is 12.8. The van der Waals surface area contributed by atoms with Crippen LogP contribution in [0.4, 0.5) is 0 Å². The van der Waals surface area contributed by atoms with E-state index in [2.05, 4.69) is 23.9 Å². The van der Waals surface area contributed by atoms with Gasteiger partial charge in [-0.05, 0) is 104 Å². The molecule has 0 radical (unpaired) electrons. The first kappa shape index (κ1) is 19.9. The number of Topliss-reactive ketones (excluding diaryl/α,β-unsaturated/α-hetero) is 1. The summed E-state index contributed by atoms with van der Waals surface area (Å²) in [5.41, 5.74) is 1.03. The number of aromatic nitrogens is 3. The highest BCUT2D eigenvalue weighted by Crippen LogP contribution is 2.64. The van der Waals surface area contributed by atoms with Crippen LogP contribution in [-0.2, 0) is 11.3 Å². The smallest absolute Gasteiger partial charge is 0.158 e. The largest absolute Gasteiger partial charge is 0.297 e. The fraction of sp³-hybridized carbons (Fsp3) is 0.741. The van der Waals surface area contributed by atoms with E-state index in [4.69, 9.17) is 0 Å². The molecular formula is C27H37N3O. The third-order valence-corrected chi connectivity index (χ3v) is 10.3. The molecule has 0 spiro atoms. The lowest BCUT2D eigenvalue weighted by molar-refractivity contribution is -0.131. The van der Waals surface area contributed by atoms with Crippen LogP contribution in [0.2, 0.25) is 0 Å². The number of rotatable bonds is 3. The highest BCUT2D eigenvalue weighted by Gasteiger charge is 2.58. The van der Waals surface area contributed by atoms with E-state index in [1.54, 1.807) is 6.20 Å². The first-order valence-corrected chi connectivity index (χ1v) is 12.8. The van der Waals surface area contributed by atoms with E-state index in [1.165, 1.54) is 51.4 Å². The summed E-state index contributed by atoms with van der Waals surface area (Å²) >= 11 is 0. The molecular weight excluding hydrogens is 382 g/mol. The number of carbonyl (C=O) groups excluding carboxylic acids is 1. The van der Waals surface area contributed by atoms with Crippen LogP contribution in [0.15, 0.2) is 24.5 Å². The molecule has 2 heterocycles. The summed E-state index contributed by atoms with van der Waals surface area (Å²) in [5, 5.41) is 5.50. The number of pyridine rings is 1. The van der Waals surface area contributed by atoms with E-state index in [9.17, 15) is 4.79 Å². The third-order valence-electron chi connectivity index (χ3n) is 10.3. The van der Waals surface area contributed by atoms with Crippen LogP contribution in [0.1, 0.15) is 71.6 Å². The van der Waals surface area contributed by atoms with Crippen LogP contribution in [0.3, 0.4) is 0 Å². The van der Waals surface area contributed by atoms with Crippen molar-refractivity contribution in [3.8, 4) is 0 Å². The topological polar surface area (TPSA) is 47.8 Å². The molecule has 166 valence electrons. The quantitative estimate of drug-likeness (QED) is 0.622. The summed E-state index contributed by atoms with van der Waals surface area (Å²) in [6.07, 6.45) is 15.9. The maximum atomic E-state index is 13.6. The number of hydrogen-bond acceptors (Lipinski definition) is 3. The summed E-state index contributed by atoms with van der Waals surface area (Å²) in [7, 11) is 0. The van der Waals surface area contributed by atoms with Gasteiger partial charge in [0.05, 0.1) is 6.20 Å². The van der Waals surface area contributed by atoms with Crippen molar-refractivity contribution in [2.45, 2.75) is 78.2 Å². The SMILES string of the molecule is C[C@H]1CC[C@@H]2C3CC[C@]4(C)[C@@H](C(=O)Cn5ncc6cccnc65)CC[C@H]4[C@@H]3CC[C@@H]2C1. The Hall–Kier alpha value is -1.71. The van der Waals surface area contributed by atoms with Gasteiger partial charge >= 0.3 is 0 Å². The lowest BCUT2D eigenvalue weighted by atomic mass is 9.49. The Morgan fingerprint density at radius 2 is 1.97 bits per heavy atom. The predicted molar refractivity (Wildman–Crippen MR) is 122 cm³/mol. The Balaban J connectivity index is 1.20. The second kappa shape index (κ2) is 7.42. The van der Waals surface area contributed by atoms with Gasteiger partial charge in [-0.2, -0.15) is 5.10 Å². The average Bonchev–Trinajstić information content (AvgIpc) is 3.34. The van der Waals surface area contributed by atoms with Crippen molar-refractivity contribution in [3.63, 3.8) is 0 Å². The Kier molecular flexibility index (Phi) is 4.77. The number of ketones is 1. The molecule has 4 aliphatic carbocycles. The molecule has 8 atom stereocenters. The summed E-state index contributed by atoms with van der Waals surface area (Å²) in [5.74, 6) is 6.08. The summed E-state index contributed by atoms with van der Waals surface area (Å²) in [6, 6.07) is 3.95. The summed E-state index contributed by atoms with van der Waals surface area (Å²) < 4.78 is 1.83. The molecule has 0 bridgehead atoms. The van der Waals surface area contributed by atoms with E-state index in [0.29, 0.717) is 12.3 Å². The lowest BCUT2D eigenvalue weighted by Crippen LogP contribution is -2.49. The Morgan fingerprint density at radius 1 is 1.10 bits per heavy atom. The Morgan fingerprint density at radius 3 is 2.87 bits per heavy atom. The average molecular weight is 420 g/mol. The van der Waals surface area contributed by atoms with Crippen molar-refractivity contribution < 1.29 is 4.79 Å². The number of carbonyl (C=O) groups is 1. The van der Waals surface area contributed by atoms with Crippen LogP contribution < -0.4 is 0 Å². The Labute approximate surface area is 186 Å². The second-order valence-electron chi connectivity index (χ2n) is 11.7. The van der Waals surface area contributed by atoms with Crippen molar-refractivity contribution in [2.75, 3.05) is 0 Å². The van der Waals surface area contributed by atoms with Gasteiger partial charge in [-0.15, -0.1) is 0 Å². The van der Waals surface area contributed by atoms with Crippen LogP contribution in [0.5, 0.6) is 0 Å². The van der Waals surface area contributed by atoms with Crippen molar-refractivity contribution >= 4 is 16.8 Å². The molecule has 4 heteroatoms. The maximum Gasteiger partial charge on any atom is 0.158 e. The zero-order valence-corrected chi connectivity index (χ0v) is 19.2. The molecule has 0 N–H and O–H groups in total. The zero-order valence-electron chi connectivity index (χ0n) is 19.2. The van der Waals surface area contributed by atoms with Gasteiger partial charge in [-0.1, -0.05) is 20.3 Å². The van der Waals surface area contributed by atoms with Crippen molar-refractivity contribution in [2.24, 2.45) is 46.8 Å². The number of hydrogen-bond donors (Lipinski definition) is 0. The summed E-state index contributed by atoms with van der Waals surface area (Å²) in [6.45, 7) is 5.31. The number of nitrogens with zero attached hydrogens (tertiary/aromatic N) is 3. The molecule has 2 aromatic heterocycles. The minimum absolute atomic E-state index is 0.198. The maximum absolute atomic E-state index is 13.6. The molecule has 6 rings (SSSR count). The van der Waals surface area contributed by atoms with E-state index >= 15 is 0 Å². The monoisotopic (exact) mass is 419 g/mol. The molecule has 2 aromatic rings. The Bertz CT molecular complexity index is 982. The van der Waals surface area contributed by atoms with Gasteiger partial charge in [0.1, 0.15) is 6.54 Å². The highest BCUT2D eigenvalue weighted by atomic mass is 16.1. The van der Waals surface area contributed by atoms with E-state index in [0.717, 1.165) is 53.0 Å². The van der Waals surface area contributed by atoms with Gasteiger partial charge in [-0.3, -0.25) is 4.79 Å². The van der Waals surface area contributed by atoms with Crippen LogP contribution in [-0.4, -0.2) is 20.5 Å². The molecule has 4 fully saturated rings. The van der Waals surface area contributed by atoms with E-state index in [-0.39, 0.29) is 11.3 Å². The van der Waals surface area contributed by atoms with Gasteiger partial charge in [0, 0.05) is 17.5 Å². The second-order valence-corrected chi connectivity index (χ2v) is 11.7. The summed E-state index contributed by atoms with van der Waals surface area (Å²) in [4.78, 5) is 18.0. The molecule has 0 aliphatic heterocycles. The van der Waals surface area contributed by atoms with Gasteiger partial charge < -0.3 is 0 Å². The fourth-order valence-electron chi connectivity index (χ4n) is 8.90. The molecule has 0 aromatic carbocycles. The van der Waals surface area contributed by atoms with Crippen molar-refractivity contribution in [1.82, 2.24) is 14.8 Å². The third kappa shape index (κ3) is 3.11. The standard InChI is InChI=1S/C27H37N3O/c1-17-5-7-20-18(14-17)6-8-22-21(20)11-12-27(2)23(22)9-10-24(27)25(31)16-30-26-19(15-29-30)4-3-13-28-26/h3-4,13,15,17-18,20-24H,5-12,14,16H2,1-2H3/t17-,18+,20-,21?,22+,23-,24+,27-/m0/s1. The normalized spacial score (nSPS) is 42.1. The molecule has 31 heavy (non-hydrogen) atoms. The van der Waals surface area contributed by atoms with Crippen LogP contribution in [0.25, 0.3) is 11.0 Å². The minimum Gasteiger partial charge on any atom is -0.297 e. The fourth-order valence-corrected chi connectivity index (χ4v) is 8.90. The number of fused-ring (bicyclic) bond motifs is 6. The highest BCUT2D eigenvalue weighted by molar-refractivity contribution is 5.84. The van der Waals surface area contributed by atoms with Gasteiger partial charge in [0.2, 0.25) is 0 Å². The zero-order chi connectivity index (χ0) is 21.2. The van der Waals surface area contributed by atoms with Crippen LogP contribution >= 0.6 is 0 Å². The van der Waals surface area contributed by atoms with Crippen molar-refractivity contribution in [3.05, 3.63) is 24.5 Å². The molecule has 0 amide bonds. The van der Waals surface area contributed by atoms with Gasteiger partial charge in [0.25, 0.3) is 0 Å². The molecule has 4 saturated carbocycles. The first-order chi connectivity index (χ1) is 15.0. The van der Waals surface area contributed by atoms with Gasteiger partial charge in [0.15, 0.2) is 11.4 Å². The predicted octanol–water partition coefficient (Wildman–Crippen LogP) is 5.91. The van der Waals surface area contributed by atoms with Crippen LogP contribution in [0, 0.1) is 46.8 Å². The van der Waals surface area contributed by atoms with Crippen molar-refractivity contribution in [1.29, 1.82) is 0 Å². The minimum atomic E-state index is 0.198. The van der Waals surface area contributed by atoms with E-state index in [1.807, 2.05) is 23.0 Å². The molecule has 1 unspecified atom stereocenters. The molecule has 0 saturated heterocycles. The molecule has 4 aliphatic rings.